The van der Waals surface area contributed by atoms with Crippen LogP contribution < -0.4 is 15.0 Å². The quantitative estimate of drug-likeness (QED) is 0.651. The van der Waals surface area contributed by atoms with E-state index in [1.807, 2.05) is 23.1 Å². The molecule has 0 atom stereocenters. The van der Waals surface area contributed by atoms with Gasteiger partial charge in [0.2, 0.25) is 5.91 Å². The molecule has 0 spiro atoms. The van der Waals surface area contributed by atoms with Gasteiger partial charge in [-0.05, 0) is 18.6 Å². The lowest BCUT2D eigenvalue weighted by atomic mass is 10.1. The highest BCUT2D eigenvalue weighted by molar-refractivity contribution is 5.88. The number of nitrogens with zero attached hydrogens (tertiary/aromatic N) is 1. The molecule has 7 nitrogen and oxygen atoms in total. The number of quaternary nitrogens is 1. The normalized spacial score (nSPS) is 15.0. The highest BCUT2D eigenvalue weighted by atomic mass is 16.5. The summed E-state index contributed by atoms with van der Waals surface area (Å²) in [6.07, 6.45) is 4.07. The van der Waals surface area contributed by atoms with Gasteiger partial charge in [-0.3, -0.25) is 9.59 Å². The Balaban J connectivity index is 1.48. The van der Waals surface area contributed by atoms with Crippen molar-refractivity contribution in [1.82, 2.24) is 10.2 Å². The molecule has 1 aliphatic rings. The summed E-state index contributed by atoms with van der Waals surface area (Å²) in [4.78, 5) is 27.8. The van der Waals surface area contributed by atoms with Gasteiger partial charge in [0.15, 0.2) is 6.54 Å². The van der Waals surface area contributed by atoms with E-state index in [0.717, 1.165) is 54.8 Å². The Labute approximate surface area is 165 Å². The van der Waals surface area contributed by atoms with E-state index in [-0.39, 0.29) is 11.8 Å². The number of furan rings is 1. The number of benzene rings is 1. The van der Waals surface area contributed by atoms with Gasteiger partial charge in [0, 0.05) is 23.6 Å². The van der Waals surface area contributed by atoms with Crippen molar-refractivity contribution >= 4 is 22.8 Å². The Morgan fingerprint density at radius 3 is 2.79 bits per heavy atom. The van der Waals surface area contributed by atoms with Gasteiger partial charge in [0.25, 0.3) is 5.91 Å². The third kappa shape index (κ3) is 5.04. The number of fused-ring (bicyclic) bond motifs is 1. The maximum absolute atomic E-state index is 12.7. The molecule has 1 aromatic carbocycles. The summed E-state index contributed by atoms with van der Waals surface area (Å²) in [5.41, 5.74) is 1.62. The Kier molecular flexibility index (Phi) is 6.92. The largest absolute Gasteiger partial charge is 0.497 e. The van der Waals surface area contributed by atoms with E-state index in [2.05, 4.69) is 12.2 Å². The number of hydrogen-bond acceptors (Lipinski definition) is 4. The number of rotatable bonds is 8. The van der Waals surface area contributed by atoms with Crippen LogP contribution in [0.3, 0.4) is 0 Å². The molecule has 2 heterocycles. The maximum Gasteiger partial charge on any atom is 0.275 e. The summed E-state index contributed by atoms with van der Waals surface area (Å²) in [5, 5.41) is 3.91. The summed E-state index contributed by atoms with van der Waals surface area (Å²) in [6.45, 7) is 6.31. The van der Waals surface area contributed by atoms with Crippen molar-refractivity contribution in [2.75, 3.05) is 46.4 Å². The van der Waals surface area contributed by atoms with Crippen LogP contribution in [0.2, 0.25) is 0 Å². The minimum atomic E-state index is 0.100. The molecule has 2 N–H and O–H groups in total. The second kappa shape index (κ2) is 9.59. The summed E-state index contributed by atoms with van der Waals surface area (Å²) in [6, 6.07) is 5.63. The summed E-state index contributed by atoms with van der Waals surface area (Å²) in [5.74, 6) is 0.936. The van der Waals surface area contributed by atoms with E-state index in [1.165, 1.54) is 4.90 Å². The molecule has 1 fully saturated rings. The molecular formula is C21H30N3O4+. The van der Waals surface area contributed by atoms with Crippen LogP contribution in [0.1, 0.15) is 25.3 Å². The van der Waals surface area contributed by atoms with Gasteiger partial charge in [0.05, 0.1) is 46.0 Å². The smallest absolute Gasteiger partial charge is 0.275 e. The van der Waals surface area contributed by atoms with E-state index in [4.69, 9.17) is 9.15 Å². The standard InChI is InChI=1S/C21H29N3O4/c1-3-4-7-22-20(25)14-23-8-10-24(11-9-23)21(26)12-16-15-28-19-13-17(27-2)5-6-18(16)19/h5-6,13,15H,3-4,7-12,14H2,1-2H3,(H,22,25)/p+1. The summed E-state index contributed by atoms with van der Waals surface area (Å²) >= 11 is 0. The van der Waals surface area contributed by atoms with Crippen LogP contribution in [0.15, 0.2) is 28.9 Å². The van der Waals surface area contributed by atoms with Crippen molar-refractivity contribution < 1.29 is 23.6 Å². The Bertz CT molecular complexity index is 809. The SMILES string of the molecule is CCCCNC(=O)C[NH+]1CCN(C(=O)Cc2coc3cc(OC)ccc23)CC1. The first-order chi connectivity index (χ1) is 13.6. The van der Waals surface area contributed by atoms with Gasteiger partial charge >= 0.3 is 0 Å². The average molecular weight is 388 g/mol. The lowest BCUT2D eigenvalue weighted by Crippen LogP contribution is -3.15. The third-order valence-corrected chi connectivity index (χ3v) is 5.29. The Hall–Kier alpha value is -2.54. The maximum atomic E-state index is 12.7. The molecule has 0 saturated carbocycles. The Morgan fingerprint density at radius 1 is 1.29 bits per heavy atom. The molecule has 0 unspecified atom stereocenters. The molecule has 1 aromatic heterocycles. The van der Waals surface area contributed by atoms with Gasteiger partial charge in [-0.1, -0.05) is 13.3 Å². The van der Waals surface area contributed by atoms with Crippen LogP contribution in [0.5, 0.6) is 5.75 Å². The minimum Gasteiger partial charge on any atom is -0.497 e. The zero-order valence-electron chi connectivity index (χ0n) is 16.8. The van der Waals surface area contributed by atoms with E-state index in [0.29, 0.717) is 26.1 Å². The molecule has 152 valence electrons. The molecule has 0 bridgehead atoms. The first-order valence-electron chi connectivity index (χ1n) is 10.0. The molecule has 1 aliphatic heterocycles. The number of amides is 2. The van der Waals surface area contributed by atoms with Crippen molar-refractivity contribution in [1.29, 1.82) is 0 Å². The van der Waals surface area contributed by atoms with E-state index < -0.39 is 0 Å². The molecule has 3 rings (SSSR count). The molecule has 0 aliphatic carbocycles. The number of carbonyl (C=O) groups excluding carboxylic acids is 2. The zero-order chi connectivity index (χ0) is 19.9. The highest BCUT2D eigenvalue weighted by Gasteiger charge is 2.25. The highest BCUT2D eigenvalue weighted by Crippen LogP contribution is 2.26. The van der Waals surface area contributed by atoms with Gasteiger partial charge in [-0.25, -0.2) is 0 Å². The van der Waals surface area contributed by atoms with Crippen LogP contribution in [0.25, 0.3) is 11.0 Å². The van der Waals surface area contributed by atoms with Crippen molar-refractivity contribution in [2.24, 2.45) is 0 Å². The van der Waals surface area contributed by atoms with Crippen LogP contribution >= 0.6 is 0 Å². The second-order valence-corrected chi connectivity index (χ2v) is 7.31. The second-order valence-electron chi connectivity index (χ2n) is 7.31. The fourth-order valence-electron chi connectivity index (χ4n) is 3.55. The molecule has 0 radical (unpaired) electrons. The predicted molar refractivity (Wildman–Crippen MR) is 107 cm³/mol. The Morgan fingerprint density at radius 2 is 2.07 bits per heavy atom. The van der Waals surface area contributed by atoms with Crippen LogP contribution in [0.4, 0.5) is 0 Å². The minimum absolute atomic E-state index is 0.100. The number of hydrogen-bond donors (Lipinski definition) is 2. The first kappa shape index (κ1) is 20.2. The van der Waals surface area contributed by atoms with Gasteiger partial charge < -0.3 is 24.3 Å². The molecule has 28 heavy (non-hydrogen) atoms. The monoisotopic (exact) mass is 388 g/mol. The van der Waals surface area contributed by atoms with Crippen LogP contribution in [0, 0.1) is 0 Å². The van der Waals surface area contributed by atoms with Gasteiger partial charge in [0.1, 0.15) is 11.3 Å². The first-order valence-corrected chi connectivity index (χ1v) is 10.0. The van der Waals surface area contributed by atoms with E-state index in [1.54, 1.807) is 13.4 Å². The van der Waals surface area contributed by atoms with Crippen molar-refractivity contribution in [3.63, 3.8) is 0 Å². The summed E-state index contributed by atoms with van der Waals surface area (Å²) < 4.78 is 10.8. The van der Waals surface area contributed by atoms with Crippen molar-refractivity contribution in [3.8, 4) is 5.75 Å². The molecule has 7 heteroatoms. The average Bonchev–Trinajstić information content (AvgIpc) is 3.10. The number of nitrogens with one attached hydrogen (secondary N) is 2. The lowest BCUT2D eigenvalue weighted by molar-refractivity contribution is -0.896. The molecule has 2 aromatic rings. The van der Waals surface area contributed by atoms with Crippen LogP contribution in [-0.2, 0) is 16.0 Å². The lowest BCUT2D eigenvalue weighted by Gasteiger charge is -2.31. The topological polar surface area (TPSA) is 76.2 Å². The fourth-order valence-corrected chi connectivity index (χ4v) is 3.55. The van der Waals surface area contributed by atoms with E-state index >= 15 is 0 Å². The number of unbranched alkanes of at least 4 members (excludes halogenated alkanes) is 1. The number of methoxy groups -OCH3 is 1. The van der Waals surface area contributed by atoms with Crippen molar-refractivity contribution in [3.05, 3.63) is 30.0 Å². The molecular weight excluding hydrogens is 358 g/mol. The molecule has 2 amide bonds. The predicted octanol–water partition coefficient (Wildman–Crippen LogP) is 0.627. The third-order valence-electron chi connectivity index (χ3n) is 5.29. The van der Waals surface area contributed by atoms with Crippen LogP contribution in [-0.4, -0.2) is 63.1 Å². The number of piperazine rings is 1. The number of ether oxygens (including phenoxy) is 1. The van der Waals surface area contributed by atoms with Crippen molar-refractivity contribution in [2.45, 2.75) is 26.2 Å². The zero-order valence-corrected chi connectivity index (χ0v) is 16.8. The summed E-state index contributed by atoms with van der Waals surface area (Å²) in [7, 11) is 1.62. The fraction of sp³-hybridized carbons (Fsp3) is 0.524. The molecule has 1 saturated heterocycles. The van der Waals surface area contributed by atoms with Gasteiger partial charge in [-0.2, -0.15) is 0 Å². The number of carbonyl (C=O) groups is 2. The van der Waals surface area contributed by atoms with E-state index in [9.17, 15) is 9.59 Å². The van der Waals surface area contributed by atoms with Gasteiger partial charge in [-0.15, -0.1) is 0 Å².